The number of aryl methyl sites for hydroxylation is 1. The monoisotopic (exact) mass is 371 g/mol. The van der Waals surface area contributed by atoms with Crippen LogP contribution in [0.1, 0.15) is 21.7 Å². The van der Waals surface area contributed by atoms with Gasteiger partial charge in [-0.25, -0.2) is 4.39 Å². The molecule has 0 saturated heterocycles. The summed E-state index contributed by atoms with van der Waals surface area (Å²) in [5.74, 6) is -0.194. The molecule has 0 fully saturated rings. The quantitative estimate of drug-likeness (QED) is 0.362. The average Bonchev–Trinajstić information content (AvgIpc) is 3.20. The Hall–Kier alpha value is -2.74. The molecular formula is C18H18FN5OS. The van der Waals surface area contributed by atoms with Gasteiger partial charge in [0.15, 0.2) is 5.78 Å². The van der Waals surface area contributed by atoms with Crippen molar-refractivity contribution in [2.24, 2.45) is 0 Å². The maximum absolute atomic E-state index is 13.4. The van der Waals surface area contributed by atoms with Gasteiger partial charge in [0.25, 0.3) is 0 Å². The molecule has 0 aliphatic rings. The highest BCUT2D eigenvalue weighted by Gasteiger charge is 2.17. The van der Waals surface area contributed by atoms with Gasteiger partial charge in [-0.1, -0.05) is 23.9 Å². The lowest BCUT2D eigenvalue weighted by Gasteiger charge is -2.06. The molecule has 26 heavy (non-hydrogen) atoms. The number of tetrazole rings is 1. The molecule has 0 unspecified atom stereocenters. The van der Waals surface area contributed by atoms with Crippen molar-refractivity contribution < 1.29 is 9.18 Å². The third-order valence-corrected chi connectivity index (χ3v) is 4.93. The van der Waals surface area contributed by atoms with Crippen molar-refractivity contribution in [3.63, 3.8) is 0 Å². The molecule has 3 rings (SSSR count). The van der Waals surface area contributed by atoms with Gasteiger partial charge in [-0.3, -0.25) is 4.79 Å². The minimum absolute atomic E-state index is 0.00722. The fourth-order valence-corrected chi connectivity index (χ4v) is 3.51. The smallest absolute Gasteiger partial charge is 0.214 e. The molecule has 134 valence electrons. The van der Waals surface area contributed by atoms with Gasteiger partial charge in [0.2, 0.25) is 5.16 Å². The standard InChI is InChI=1S/C18H18FN5OS/c1-4-8-23-12(2)9-16(13(23)3)17(25)11-26-18-20-21-22-24(18)15-7-5-6-14(19)10-15/h4-7,9-10H,1,8,11H2,2-3H3. The number of thioether (sulfide) groups is 1. The second-order valence-corrected chi connectivity index (χ2v) is 6.69. The fourth-order valence-electron chi connectivity index (χ4n) is 2.74. The first-order chi connectivity index (χ1) is 12.5. The molecule has 8 heteroatoms. The van der Waals surface area contributed by atoms with Crippen LogP contribution in [0.2, 0.25) is 0 Å². The number of hydrogen-bond donors (Lipinski definition) is 0. The van der Waals surface area contributed by atoms with E-state index in [9.17, 15) is 9.18 Å². The SMILES string of the molecule is C=CCn1c(C)cc(C(=O)CSc2nnnn2-c2cccc(F)c2)c1C. The predicted molar refractivity (Wildman–Crippen MR) is 98.3 cm³/mol. The van der Waals surface area contributed by atoms with Crippen molar-refractivity contribution >= 4 is 17.5 Å². The zero-order chi connectivity index (χ0) is 18.7. The summed E-state index contributed by atoms with van der Waals surface area (Å²) < 4.78 is 16.9. The van der Waals surface area contributed by atoms with E-state index in [2.05, 4.69) is 22.1 Å². The van der Waals surface area contributed by atoms with Crippen LogP contribution >= 0.6 is 11.8 Å². The van der Waals surface area contributed by atoms with E-state index >= 15 is 0 Å². The maximum atomic E-state index is 13.4. The van der Waals surface area contributed by atoms with Crippen molar-refractivity contribution in [3.8, 4) is 5.69 Å². The summed E-state index contributed by atoms with van der Waals surface area (Å²) in [6.45, 7) is 8.29. The lowest BCUT2D eigenvalue weighted by Crippen LogP contribution is -2.07. The lowest BCUT2D eigenvalue weighted by molar-refractivity contribution is 0.102. The van der Waals surface area contributed by atoms with Crippen LogP contribution in [-0.2, 0) is 6.54 Å². The van der Waals surface area contributed by atoms with E-state index in [1.807, 2.05) is 24.5 Å². The summed E-state index contributed by atoms with van der Waals surface area (Å²) in [5, 5.41) is 11.9. The molecule has 1 aromatic carbocycles. The molecule has 0 N–H and O–H groups in total. The molecule has 0 spiro atoms. The van der Waals surface area contributed by atoms with Gasteiger partial charge in [-0.15, -0.1) is 11.7 Å². The molecule has 0 amide bonds. The number of allylic oxidation sites excluding steroid dienone is 1. The van der Waals surface area contributed by atoms with Crippen molar-refractivity contribution in [2.75, 3.05) is 5.75 Å². The van der Waals surface area contributed by atoms with Crippen LogP contribution in [-0.4, -0.2) is 36.3 Å². The minimum atomic E-state index is -0.375. The van der Waals surface area contributed by atoms with E-state index in [0.29, 0.717) is 23.0 Å². The van der Waals surface area contributed by atoms with E-state index in [1.54, 1.807) is 18.2 Å². The topological polar surface area (TPSA) is 65.6 Å². The van der Waals surface area contributed by atoms with Gasteiger partial charge in [0.05, 0.1) is 11.4 Å². The molecular weight excluding hydrogens is 353 g/mol. The first kappa shape index (κ1) is 18.1. The number of rotatable bonds is 7. The van der Waals surface area contributed by atoms with Gasteiger partial charge in [-0.2, -0.15) is 4.68 Å². The molecule has 0 radical (unpaired) electrons. The molecule has 2 heterocycles. The Bertz CT molecular complexity index is 962. The molecule has 0 atom stereocenters. The Morgan fingerprint density at radius 2 is 2.15 bits per heavy atom. The zero-order valence-electron chi connectivity index (χ0n) is 14.5. The van der Waals surface area contributed by atoms with Gasteiger partial charge in [0.1, 0.15) is 5.82 Å². The van der Waals surface area contributed by atoms with E-state index in [4.69, 9.17) is 0 Å². The highest BCUT2D eigenvalue weighted by molar-refractivity contribution is 7.99. The van der Waals surface area contributed by atoms with Crippen LogP contribution in [0.25, 0.3) is 5.69 Å². The van der Waals surface area contributed by atoms with Gasteiger partial charge < -0.3 is 4.57 Å². The summed E-state index contributed by atoms with van der Waals surface area (Å²) in [4.78, 5) is 12.6. The van der Waals surface area contributed by atoms with E-state index in [-0.39, 0.29) is 17.4 Å². The molecule has 0 aliphatic carbocycles. The largest absolute Gasteiger partial charge is 0.345 e. The number of Topliss-reactive ketones (excluding diaryl/α,β-unsaturated/α-hetero) is 1. The number of nitrogens with zero attached hydrogens (tertiary/aromatic N) is 5. The van der Waals surface area contributed by atoms with E-state index in [1.165, 1.54) is 28.6 Å². The molecule has 3 aromatic rings. The molecule has 0 bridgehead atoms. The first-order valence-electron chi connectivity index (χ1n) is 7.99. The summed E-state index contributed by atoms with van der Waals surface area (Å²) in [6.07, 6.45) is 1.80. The van der Waals surface area contributed by atoms with Crippen LogP contribution in [0.5, 0.6) is 0 Å². The summed E-state index contributed by atoms with van der Waals surface area (Å²) in [5.41, 5.74) is 3.12. The van der Waals surface area contributed by atoms with Crippen molar-refractivity contribution in [3.05, 3.63) is 65.8 Å². The first-order valence-corrected chi connectivity index (χ1v) is 8.97. The number of benzene rings is 1. The summed E-state index contributed by atoms with van der Waals surface area (Å²) >= 11 is 1.22. The molecule has 6 nitrogen and oxygen atoms in total. The number of hydrogen-bond acceptors (Lipinski definition) is 5. The van der Waals surface area contributed by atoms with Crippen molar-refractivity contribution in [2.45, 2.75) is 25.5 Å². The number of aromatic nitrogens is 5. The third kappa shape index (κ3) is 3.60. The Kier molecular flexibility index (Phi) is 5.32. The van der Waals surface area contributed by atoms with Crippen LogP contribution in [0.4, 0.5) is 4.39 Å². The third-order valence-electron chi connectivity index (χ3n) is 4.01. The molecule has 0 aliphatic heterocycles. The molecule has 2 aromatic heterocycles. The Balaban J connectivity index is 1.76. The Labute approximate surface area is 154 Å². The normalized spacial score (nSPS) is 10.9. The van der Waals surface area contributed by atoms with E-state index < -0.39 is 0 Å². The van der Waals surface area contributed by atoms with E-state index in [0.717, 1.165) is 11.4 Å². The average molecular weight is 371 g/mol. The predicted octanol–water partition coefficient (Wildman–Crippen LogP) is 3.38. The highest BCUT2D eigenvalue weighted by Crippen LogP contribution is 2.22. The number of ketones is 1. The number of carbonyl (C=O) groups is 1. The van der Waals surface area contributed by atoms with Crippen molar-refractivity contribution in [1.82, 2.24) is 24.8 Å². The Morgan fingerprint density at radius 1 is 1.35 bits per heavy atom. The lowest BCUT2D eigenvalue weighted by atomic mass is 10.2. The minimum Gasteiger partial charge on any atom is -0.345 e. The maximum Gasteiger partial charge on any atom is 0.214 e. The van der Waals surface area contributed by atoms with Crippen LogP contribution in [0.15, 0.2) is 48.1 Å². The van der Waals surface area contributed by atoms with Gasteiger partial charge in [-0.05, 0) is 48.5 Å². The second kappa shape index (κ2) is 7.65. The van der Waals surface area contributed by atoms with Crippen molar-refractivity contribution in [1.29, 1.82) is 0 Å². The van der Waals surface area contributed by atoms with Gasteiger partial charge in [0, 0.05) is 23.5 Å². The van der Waals surface area contributed by atoms with Gasteiger partial charge >= 0.3 is 0 Å². The summed E-state index contributed by atoms with van der Waals surface area (Å²) in [7, 11) is 0. The van der Waals surface area contributed by atoms with Crippen LogP contribution < -0.4 is 0 Å². The fraction of sp³-hybridized carbons (Fsp3) is 0.222. The highest BCUT2D eigenvalue weighted by atomic mass is 32.2. The zero-order valence-corrected chi connectivity index (χ0v) is 15.3. The number of carbonyl (C=O) groups excluding carboxylic acids is 1. The summed E-state index contributed by atoms with van der Waals surface area (Å²) in [6, 6.07) is 7.86. The second-order valence-electron chi connectivity index (χ2n) is 5.75. The number of halogens is 1. The van der Waals surface area contributed by atoms with Crippen LogP contribution in [0, 0.1) is 19.7 Å². The Morgan fingerprint density at radius 3 is 2.88 bits per heavy atom. The molecule has 0 saturated carbocycles. The van der Waals surface area contributed by atoms with Crippen LogP contribution in [0.3, 0.4) is 0 Å².